The predicted octanol–water partition coefficient (Wildman–Crippen LogP) is 3.16. The Labute approximate surface area is 117 Å². The maximum absolute atomic E-state index is 13.0. The van der Waals surface area contributed by atoms with Crippen LogP contribution in [0.25, 0.3) is 0 Å². The van der Waals surface area contributed by atoms with Gasteiger partial charge in [-0.2, -0.15) is 0 Å². The van der Waals surface area contributed by atoms with Crippen molar-refractivity contribution in [2.45, 2.75) is 6.54 Å². The van der Waals surface area contributed by atoms with E-state index >= 15 is 0 Å². The molecule has 1 aromatic heterocycles. The quantitative estimate of drug-likeness (QED) is 0.826. The lowest BCUT2D eigenvalue weighted by atomic mass is 10.2. The van der Waals surface area contributed by atoms with Gasteiger partial charge in [0.25, 0.3) is 0 Å². The number of nitrogens with one attached hydrogen (secondary N) is 1. The van der Waals surface area contributed by atoms with Crippen molar-refractivity contribution in [2.24, 2.45) is 0 Å². The zero-order valence-corrected chi connectivity index (χ0v) is 11.4. The SMILES string of the molecule is Nc1ncc(I)cc1NCc1ccc(F)c(F)c1. The number of pyridine rings is 1. The van der Waals surface area contributed by atoms with Crippen LogP contribution in [0.1, 0.15) is 5.56 Å². The van der Waals surface area contributed by atoms with E-state index in [4.69, 9.17) is 5.73 Å². The highest BCUT2D eigenvalue weighted by Crippen LogP contribution is 2.19. The van der Waals surface area contributed by atoms with E-state index in [1.807, 2.05) is 6.07 Å². The fraction of sp³-hybridized carbons (Fsp3) is 0.0833. The van der Waals surface area contributed by atoms with Gasteiger partial charge in [-0.25, -0.2) is 13.8 Å². The van der Waals surface area contributed by atoms with Crippen LogP contribution < -0.4 is 11.1 Å². The summed E-state index contributed by atoms with van der Waals surface area (Å²) in [4.78, 5) is 4.00. The van der Waals surface area contributed by atoms with Crippen LogP contribution in [-0.4, -0.2) is 4.98 Å². The highest BCUT2D eigenvalue weighted by molar-refractivity contribution is 14.1. The molecular weight excluding hydrogens is 351 g/mol. The lowest BCUT2D eigenvalue weighted by Gasteiger charge is -2.09. The average Bonchev–Trinajstić information content (AvgIpc) is 2.34. The minimum Gasteiger partial charge on any atom is -0.382 e. The van der Waals surface area contributed by atoms with Crippen LogP contribution in [0.4, 0.5) is 20.3 Å². The monoisotopic (exact) mass is 361 g/mol. The summed E-state index contributed by atoms with van der Waals surface area (Å²) in [5, 5.41) is 3.04. The standard InChI is InChI=1S/C12H10F2IN3/c13-9-2-1-7(3-10(9)14)5-17-11-4-8(15)6-18-12(11)16/h1-4,6,17H,5H2,(H2,16,18). The van der Waals surface area contributed by atoms with Crippen LogP contribution in [0.3, 0.4) is 0 Å². The molecule has 0 saturated carbocycles. The molecule has 2 rings (SSSR count). The van der Waals surface area contributed by atoms with Crippen LogP contribution >= 0.6 is 22.6 Å². The fourth-order valence-corrected chi connectivity index (χ4v) is 1.89. The fourth-order valence-electron chi connectivity index (χ4n) is 1.44. The Kier molecular flexibility index (Phi) is 3.95. The van der Waals surface area contributed by atoms with Crippen LogP contribution in [0, 0.1) is 15.2 Å². The third-order valence-electron chi connectivity index (χ3n) is 2.35. The van der Waals surface area contributed by atoms with E-state index in [2.05, 4.69) is 32.9 Å². The van der Waals surface area contributed by atoms with Crippen molar-refractivity contribution in [2.75, 3.05) is 11.1 Å². The molecular formula is C12H10F2IN3. The maximum atomic E-state index is 13.0. The van der Waals surface area contributed by atoms with E-state index in [-0.39, 0.29) is 0 Å². The van der Waals surface area contributed by atoms with Gasteiger partial charge in [-0.05, 0) is 46.4 Å². The van der Waals surface area contributed by atoms with Crippen molar-refractivity contribution in [1.29, 1.82) is 0 Å². The number of nitrogen functional groups attached to an aromatic ring is 1. The van der Waals surface area contributed by atoms with Crippen molar-refractivity contribution in [1.82, 2.24) is 4.98 Å². The molecule has 94 valence electrons. The van der Waals surface area contributed by atoms with Crippen molar-refractivity contribution < 1.29 is 8.78 Å². The lowest BCUT2D eigenvalue weighted by Crippen LogP contribution is -2.04. The summed E-state index contributed by atoms with van der Waals surface area (Å²) in [5.41, 5.74) is 7.00. The predicted molar refractivity (Wildman–Crippen MR) is 75.1 cm³/mol. The molecule has 2 aromatic rings. The van der Waals surface area contributed by atoms with Crippen molar-refractivity contribution >= 4 is 34.1 Å². The number of rotatable bonds is 3. The van der Waals surface area contributed by atoms with Crippen LogP contribution in [0.2, 0.25) is 0 Å². The Morgan fingerprint density at radius 2 is 2.00 bits per heavy atom. The molecule has 0 saturated heterocycles. The molecule has 0 unspecified atom stereocenters. The summed E-state index contributed by atoms with van der Waals surface area (Å²) in [5.74, 6) is -1.34. The van der Waals surface area contributed by atoms with Gasteiger partial charge in [-0.1, -0.05) is 6.07 Å². The first kappa shape index (κ1) is 13.0. The molecule has 0 fully saturated rings. The molecule has 6 heteroatoms. The first-order chi connectivity index (χ1) is 8.56. The molecule has 0 aliphatic heterocycles. The zero-order chi connectivity index (χ0) is 13.1. The van der Waals surface area contributed by atoms with E-state index in [1.54, 1.807) is 6.20 Å². The normalized spacial score (nSPS) is 10.4. The third-order valence-corrected chi connectivity index (χ3v) is 2.94. The number of benzene rings is 1. The van der Waals surface area contributed by atoms with E-state index < -0.39 is 11.6 Å². The highest BCUT2D eigenvalue weighted by Gasteiger charge is 2.04. The Morgan fingerprint density at radius 1 is 1.22 bits per heavy atom. The summed E-state index contributed by atoms with van der Waals surface area (Å²) in [7, 11) is 0. The molecule has 3 nitrogen and oxygen atoms in total. The van der Waals surface area contributed by atoms with Gasteiger partial charge in [-0.3, -0.25) is 0 Å². The van der Waals surface area contributed by atoms with Gasteiger partial charge in [-0.15, -0.1) is 0 Å². The first-order valence-electron chi connectivity index (χ1n) is 5.15. The summed E-state index contributed by atoms with van der Waals surface area (Å²) in [6, 6.07) is 5.61. The Balaban J connectivity index is 2.11. The summed E-state index contributed by atoms with van der Waals surface area (Å²) in [6.07, 6.45) is 1.65. The lowest BCUT2D eigenvalue weighted by molar-refractivity contribution is 0.507. The first-order valence-corrected chi connectivity index (χ1v) is 6.23. The number of anilines is 2. The molecule has 0 atom stereocenters. The van der Waals surface area contributed by atoms with Gasteiger partial charge >= 0.3 is 0 Å². The van der Waals surface area contributed by atoms with Gasteiger partial charge in [0.05, 0.1) is 5.69 Å². The van der Waals surface area contributed by atoms with Gasteiger partial charge in [0.15, 0.2) is 11.6 Å². The van der Waals surface area contributed by atoms with Gasteiger partial charge < -0.3 is 11.1 Å². The molecule has 0 aliphatic carbocycles. The maximum Gasteiger partial charge on any atom is 0.159 e. The minimum absolute atomic E-state index is 0.350. The van der Waals surface area contributed by atoms with Crippen LogP contribution in [-0.2, 0) is 6.54 Å². The van der Waals surface area contributed by atoms with E-state index in [0.717, 1.165) is 15.7 Å². The molecule has 0 spiro atoms. The second-order valence-corrected chi connectivity index (χ2v) is 4.93. The number of hydrogen-bond donors (Lipinski definition) is 2. The van der Waals surface area contributed by atoms with Gasteiger partial charge in [0.2, 0.25) is 0 Å². The van der Waals surface area contributed by atoms with E-state index in [0.29, 0.717) is 23.6 Å². The second kappa shape index (κ2) is 5.47. The molecule has 18 heavy (non-hydrogen) atoms. The highest BCUT2D eigenvalue weighted by atomic mass is 127. The van der Waals surface area contributed by atoms with Crippen molar-refractivity contribution in [3.63, 3.8) is 0 Å². The molecule has 3 N–H and O–H groups in total. The number of hydrogen-bond acceptors (Lipinski definition) is 3. The molecule has 0 radical (unpaired) electrons. The van der Waals surface area contributed by atoms with Gasteiger partial charge in [0.1, 0.15) is 5.82 Å². The second-order valence-electron chi connectivity index (χ2n) is 3.69. The van der Waals surface area contributed by atoms with Crippen LogP contribution in [0.5, 0.6) is 0 Å². The van der Waals surface area contributed by atoms with Crippen molar-refractivity contribution in [3.05, 3.63) is 51.2 Å². The Morgan fingerprint density at radius 3 is 2.72 bits per heavy atom. The van der Waals surface area contributed by atoms with E-state index in [1.165, 1.54) is 6.07 Å². The Bertz CT molecular complexity index is 575. The number of aromatic nitrogens is 1. The molecule has 0 amide bonds. The number of nitrogens with two attached hydrogens (primary N) is 1. The summed E-state index contributed by atoms with van der Waals surface area (Å²) >= 11 is 2.12. The average molecular weight is 361 g/mol. The number of nitrogens with zero attached hydrogens (tertiary/aromatic N) is 1. The van der Waals surface area contributed by atoms with Crippen LogP contribution in [0.15, 0.2) is 30.5 Å². The smallest absolute Gasteiger partial charge is 0.159 e. The molecule has 1 heterocycles. The molecule has 1 aromatic carbocycles. The van der Waals surface area contributed by atoms with Gasteiger partial charge in [0, 0.05) is 16.3 Å². The number of halogens is 3. The zero-order valence-electron chi connectivity index (χ0n) is 9.25. The minimum atomic E-state index is -0.858. The van der Waals surface area contributed by atoms with Crippen molar-refractivity contribution in [3.8, 4) is 0 Å². The third kappa shape index (κ3) is 3.06. The largest absolute Gasteiger partial charge is 0.382 e. The topological polar surface area (TPSA) is 50.9 Å². The summed E-state index contributed by atoms with van der Waals surface area (Å²) < 4.78 is 26.7. The summed E-state index contributed by atoms with van der Waals surface area (Å²) in [6.45, 7) is 0.350. The van der Waals surface area contributed by atoms with E-state index in [9.17, 15) is 8.78 Å². The Hall–Kier alpha value is -1.44. The molecule has 0 bridgehead atoms. The molecule has 0 aliphatic rings.